The maximum absolute atomic E-state index is 12.9. The summed E-state index contributed by atoms with van der Waals surface area (Å²) in [6.45, 7) is 4.24. The Morgan fingerprint density at radius 2 is 1.93 bits per heavy atom. The number of carbonyl (C=O) groups excluding carboxylic acids is 2. The fraction of sp³-hybridized carbons (Fsp3) is 0.333. The number of nitrogens with zero attached hydrogens (tertiary/aromatic N) is 1. The van der Waals surface area contributed by atoms with Crippen LogP contribution in [0.15, 0.2) is 53.4 Å². The Bertz CT molecular complexity index is 1000. The summed E-state index contributed by atoms with van der Waals surface area (Å²) in [5.41, 5.74) is 2.40. The SMILES string of the molecule is CC[C@H](NC(=O)c1cccc(S(=O)(=O)N2CCNC(=O)C2)c1)c1ccc(C)cc1. The van der Waals surface area contributed by atoms with Crippen molar-refractivity contribution in [2.24, 2.45) is 0 Å². The minimum absolute atomic E-state index is 0.00299. The molecule has 1 saturated heterocycles. The summed E-state index contributed by atoms with van der Waals surface area (Å²) in [6.07, 6.45) is 0.704. The second-order valence-electron chi connectivity index (χ2n) is 7.06. The van der Waals surface area contributed by atoms with Crippen molar-refractivity contribution in [1.29, 1.82) is 0 Å². The lowest BCUT2D eigenvalue weighted by Crippen LogP contribution is -2.49. The highest BCUT2D eigenvalue weighted by Gasteiger charge is 2.29. The van der Waals surface area contributed by atoms with Crippen molar-refractivity contribution in [3.63, 3.8) is 0 Å². The average molecular weight is 416 g/mol. The van der Waals surface area contributed by atoms with Crippen molar-refractivity contribution in [3.8, 4) is 0 Å². The van der Waals surface area contributed by atoms with Gasteiger partial charge in [-0.2, -0.15) is 4.31 Å². The molecule has 154 valence electrons. The molecule has 0 aromatic heterocycles. The maximum atomic E-state index is 12.9. The number of rotatable bonds is 6. The normalized spacial score (nSPS) is 16.1. The van der Waals surface area contributed by atoms with Crippen molar-refractivity contribution in [2.45, 2.75) is 31.2 Å². The van der Waals surface area contributed by atoms with Gasteiger partial charge in [0, 0.05) is 18.7 Å². The van der Waals surface area contributed by atoms with E-state index in [4.69, 9.17) is 0 Å². The van der Waals surface area contributed by atoms with Gasteiger partial charge in [-0.3, -0.25) is 9.59 Å². The van der Waals surface area contributed by atoms with Gasteiger partial charge in [0.15, 0.2) is 0 Å². The molecule has 7 nitrogen and oxygen atoms in total. The third-order valence-corrected chi connectivity index (χ3v) is 6.77. The quantitative estimate of drug-likeness (QED) is 0.754. The van der Waals surface area contributed by atoms with E-state index < -0.39 is 10.0 Å². The number of carbonyl (C=O) groups is 2. The third-order valence-electron chi connectivity index (χ3n) is 4.93. The highest BCUT2D eigenvalue weighted by atomic mass is 32.2. The first-order valence-electron chi connectivity index (χ1n) is 9.55. The summed E-state index contributed by atoms with van der Waals surface area (Å²) in [6, 6.07) is 13.7. The molecule has 0 spiro atoms. The first kappa shape index (κ1) is 21.0. The zero-order valence-electron chi connectivity index (χ0n) is 16.5. The van der Waals surface area contributed by atoms with Gasteiger partial charge in [0.1, 0.15) is 0 Å². The molecule has 2 N–H and O–H groups in total. The van der Waals surface area contributed by atoms with Crippen molar-refractivity contribution >= 4 is 21.8 Å². The number of hydrogen-bond acceptors (Lipinski definition) is 4. The molecule has 0 bridgehead atoms. The highest BCUT2D eigenvalue weighted by Crippen LogP contribution is 2.20. The largest absolute Gasteiger partial charge is 0.354 e. The van der Waals surface area contributed by atoms with Crippen LogP contribution < -0.4 is 10.6 Å². The Morgan fingerprint density at radius 3 is 2.59 bits per heavy atom. The van der Waals surface area contributed by atoms with Crippen LogP contribution in [0.5, 0.6) is 0 Å². The first-order chi connectivity index (χ1) is 13.8. The number of aryl methyl sites for hydroxylation is 1. The Labute approximate surface area is 171 Å². The number of piperazine rings is 1. The zero-order chi connectivity index (χ0) is 21.0. The van der Waals surface area contributed by atoms with Crippen LogP contribution in [0.1, 0.15) is 40.9 Å². The minimum Gasteiger partial charge on any atom is -0.354 e. The fourth-order valence-corrected chi connectivity index (χ4v) is 4.67. The lowest BCUT2D eigenvalue weighted by molar-refractivity contribution is -0.122. The third kappa shape index (κ3) is 4.83. The first-order valence-corrected chi connectivity index (χ1v) is 11.0. The lowest BCUT2D eigenvalue weighted by Gasteiger charge is -2.26. The predicted octanol–water partition coefficient (Wildman–Crippen LogP) is 2.00. The number of sulfonamides is 1. The van der Waals surface area contributed by atoms with Crippen molar-refractivity contribution in [3.05, 3.63) is 65.2 Å². The van der Waals surface area contributed by atoms with Crippen LogP contribution in [0.4, 0.5) is 0 Å². The molecule has 2 aromatic carbocycles. The summed E-state index contributed by atoms with van der Waals surface area (Å²) in [5.74, 6) is -0.677. The Morgan fingerprint density at radius 1 is 1.21 bits per heavy atom. The van der Waals surface area contributed by atoms with E-state index in [1.807, 2.05) is 38.1 Å². The van der Waals surface area contributed by atoms with E-state index in [9.17, 15) is 18.0 Å². The van der Waals surface area contributed by atoms with Gasteiger partial charge in [0.05, 0.1) is 17.5 Å². The molecule has 2 aromatic rings. The molecule has 0 aliphatic carbocycles. The van der Waals surface area contributed by atoms with Gasteiger partial charge in [-0.05, 0) is 37.1 Å². The Hall–Kier alpha value is -2.71. The summed E-state index contributed by atoms with van der Waals surface area (Å²) in [7, 11) is -3.85. The monoisotopic (exact) mass is 415 g/mol. The summed E-state index contributed by atoms with van der Waals surface area (Å²) in [4.78, 5) is 24.3. The molecule has 29 heavy (non-hydrogen) atoms. The molecule has 0 radical (unpaired) electrons. The molecular weight excluding hydrogens is 390 g/mol. The molecule has 0 unspecified atom stereocenters. The minimum atomic E-state index is -3.85. The number of hydrogen-bond donors (Lipinski definition) is 2. The predicted molar refractivity (Wildman–Crippen MR) is 110 cm³/mol. The fourth-order valence-electron chi connectivity index (χ4n) is 3.23. The molecule has 1 atom stereocenters. The second kappa shape index (κ2) is 8.75. The van der Waals surface area contributed by atoms with Crippen LogP contribution in [0.2, 0.25) is 0 Å². The van der Waals surface area contributed by atoms with E-state index in [0.717, 1.165) is 15.4 Å². The van der Waals surface area contributed by atoms with Crippen LogP contribution in [-0.4, -0.2) is 44.2 Å². The maximum Gasteiger partial charge on any atom is 0.251 e. The number of amides is 2. The van der Waals surface area contributed by atoms with Crippen LogP contribution in [0.25, 0.3) is 0 Å². The molecule has 1 aliphatic heterocycles. The van der Waals surface area contributed by atoms with Gasteiger partial charge < -0.3 is 10.6 Å². The van der Waals surface area contributed by atoms with Crippen LogP contribution >= 0.6 is 0 Å². The van der Waals surface area contributed by atoms with Crippen molar-refractivity contribution in [1.82, 2.24) is 14.9 Å². The zero-order valence-corrected chi connectivity index (χ0v) is 17.3. The Balaban J connectivity index is 1.80. The van der Waals surface area contributed by atoms with E-state index in [2.05, 4.69) is 10.6 Å². The smallest absolute Gasteiger partial charge is 0.251 e. The average Bonchev–Trinajstić information content (AvgIpc) is 2.72. The lowest BCUT2D eigenvalue weighted by atomic mass is 10.0. The van der Waals surface area contributed by atoms with Gasteiger partial charge in [0.2, 0.25) is 15.9 Å². The standard InChI is InChI=1S/C21H25N3O4S/c1-3-19(16-9-7-15(2)8-10-16)23-21(26)17-5-4-6-18(13-17)29(27,28)24-12-11-22-20(25)14-24/h4-10,13,19H,3,11-12,14H2,1-2H3,(H,22,25)(H,23,26)/t19-/m0/s1. The summed E-state index contributed by atoms with van der Waals surface area (Å²) < 4.78 is 26.8. The van der Waals surface area contributed by atoms with Gasteiger partial charge in [0.25, 0.3) is 5.91 Å². The van der Waals surface area contributed by atoms with E-state index in [0.29, 0.717) is 6.42 Å². The summed E-state index contributed by atoms with van der Waals surface area (Å²) >= 11 is 0. The van der Waals surface area contributed by atoms with E-state index in [-0.39, 0.29) is 47.9 Å². The van der Waals surface area contributed by atoms with Gasteiger partial charge in [-0.25, -0.2) is 8.42 Å². The van der Waals surface area contributed by atoms with Crippen LogP contribution in [0, 0.1) is 6.92 Å². The van der Waals surface area contributed by atoms with Crippen molar-refractivity contribution in [2.75, 3.05) is 19.6 Å². The van der Waals surface area contributed by atoms with Crippen molar-refractivity contribution < 1.29 is 18.0 Å². The van der Waals surface area contributed by atoms with E-state index in [1.54, 1.807) is 12.1 Å². The topological polar surface area (TPSA) is 95.6 Å². The summed E-state index contributed by atoms with van der Waals surface area (Å²) in [5, 5.41) is 5.58. The molecule has 0 saturated carbocycles. The van der Waals surface area contributed by atoms with Gasteiger partial charge in [-0.1, -0.05) is 42.8 Å². The molecule has 1 heterocycles. The molecular formula is C21H25N3O4S. The van der Waals surface area contributed by atoms with Crippen LogP contribution in [-0.2, 0) is 14.8 Å². The van der Waals surface area contributed by atoms with E-state index in [1.165, 1.54) is 12.1 Å². The van der Waals surface area contributed by atoms with Gasteiger partial charge in [-0.15, -0.1) is 0 Å². The highest BCUT2D eigenvalue weighted by molar-refractivity contribution is 7.89. The molecule has 2 amide bonds. The van der Waals surface area contributed by atoms with Gasteiger partial charge >= 0.3 is 0 Å². The number of nitrogens with one attached hydrogen (secondary N) is 2. The number of benzene rings is 2. The second-order valence-corrected chi connectivity index (χ2v) is 9.00. The molecule has 1 aliphatic rings. The molecule has 3 rings (SSSR count). The molecule has 8 heteroatoms. The Kier molecular flexibility index (Phi) is 6.34. The van der Waals surface area contributed by atoms with E-state index >= 15 is 0 Å². The van der Waals surface area contributed by atoms with Crippen LogP contribution in [0.3, 0.4) is 0 Å². The molecule has 1 fully saturated rings.